The lowest BCUT2D eigenvalue weighted by atomic mass is 9.96. The molecule has 3 aliphatic rings. The zero-order valence-electron chi connectivity index (χ0n) is 59.4. The lowest BCUT2D eigenvalue weighted by Crippen LogP contribution is -2.66. The molecule has 3 heterocycles. The average Bonchev–Trinajstić information content (AvgIpc) is 0.787. The second-order valence-corrected chi connectivity index (χ2v) is 27.8. The second-order valence-electron chi connectivity index (χ2n) is 27.8. The Morgan fingerprint density at radius 2 is 0.674 bits per heavy atom. The molecule has 95 heavy (non-hydrogen) atoms. The maximum atomic E-state index is 13.4. The summed E-state index contributed by atoms with van der Waals surface area (Å²) in [6.07, 6.45) is 42.8. The van der Waals surface area contributed by atoms with Crippen LogP contribution < -0.4 is 5.32 Å². The van der Waals surface area contributed by atoms with Gasteiger partial charge in [-0.2, -0.15) is 0 Å². The number of amides is 1. The number of allylic oxidation sites excluding steroid dienone is 5. The first-order chi connectivity index (χ1) is 46.3. The van der Waals surface area contributed by atoms with E-state index in [0.717, 1.165) is 44.9 Å². The average molecular weight is 1360 g/mol. The summed E-state index contributed by atoms with van der Waals surface area (Å²) in [5.74, 6) is -0.283. The number of aliphatic hydroxyl groups excluding tert-OH is 11. The summed E-state index contributed by atoms with van der Waals surface area (Å²) in [5.41, 5.74) is 0. The smallest absolute Gasteiger partial charge is 0.220 e. The van der Waals surface area contributed by atoms with Gasteiger partial charge in [0.25, 0.3) is 0 Å². The van der Waals surface area contributed by atoms with E-state index in [-0.39, 0.29) is 18.9 Å². The van der Waals surface area contributed by atoms with Crippen molar-refractivity contribution in [2.75, 3.05) is 26.4 Å². The van der Waals surface area contributed by atoms with Crippen LogP contribution in [-0.2, 0) is 33.2 Å². The zero-order valence-corrected chi connectivity index (χ0v) is 59.4. The van der Waals surface area contributed by atoms with Gasteiger partial charge in [-0.1, -0.05) is 294 Å². The minimum atomic E-state index is -1.98. The van der Waals surface area contributed by atoms with Crippen LogP contribution in [0.2, 0.25) is 0 Å². The Morgan fingerprint density at radius 3 is 1.05 bits per heavy atom. The van der Waals surface area contributed by atoms with E-state index in [1.807, 2.05) is 6.08 Å². The molecule has 0 spiro atoms. The topological polar surface area (TPSA) is 307 Å². The number of carbonyl (C=O) groups is 1. The van der Waals surface area contributed by atoms with Gasteiger partial charge in [0.2, 0.25) is 5.91 Å². The van der Waals surface area contributed by atoms with Gasteiger partial charge in [0.05, 0.1) is 38.6 Å². The molecule has 3 fully saturated rings. The molecule has 17 atom stereocenters. The highest BCUT2D eigenvalue weighted by atomic mass is 16.8. The standard InChI is InChI=1S/C76H141NO18/c1-3-5-7-9-11-13-15-17-19-21-23-25-27-29-30-31-33-35-37-39-41-43-45-47-49-51-53-60(81)59(77-64(82)54-52-50-48-46-44-42-40-38-36-34-32-28-26-24-22-20-18-16-14-12-10-8-6-4-2)58-90-74-70(88)67(85)72(62(56-79)92-74)95-76-71(89)68(86)73(63(57-80)93-76)94-75-69(87)66(84)65(83)61(55-78)91-75/h35,37,43,45,51,53,59-63,65-76,78-81,83-89H,3-34,36,38-42,44,46-50,52,54-58H2,1-2H3,(H,77,82)/b37-35+,45-43+,53-51+. The van der Waals surface area contributed by atoms with Gasteiger partial charge < -0.3 is 89.9 Å². The number of rotatable bonds is 61. The first-order valence-corrected chi connectivity index (χ1v) is 38.7. The van der Waals surface area contributed by atoms with Crippen molar-refractivity contribution in [2.24, 2.45) is 0 Å². The molecule has 558 valence electrons. The molecule has 3 aliphatic heterocycles. The minimum Gasteiger partial charge on any atom is -0.394 e. The number of hydrogen-bond acceptors (Lipinski definition) is 18. The number of ether oxygens (including phenoxy) is 6. The first kappa shape index (κ1) is 87.2. The van der Waals surface area contributed by atoms with E-state index in [4.69, 9.17) is 28.4 Å². The van der Waals surface area contributed by atoms with E-state index in [1.54, 1.807) is 6.08 Å². The largest absolute Gasteiger partial charge is 0.394 e. The van der Waals surface area contributed by atoms with Gasteiger partial charge in [-0.25, -0.2) is 0 Å². The monoisotopic (exact) mass is 1360 g/mol. The maximum Gasteiger partial charge on any atom is 0.220 e. The van der Waals surface area contributed by atoms with Crippen LogP contribution in [-0.4, -0.2) is 193 Å². The SMILES string of the molecule is CCCCCCCCCCCCCCCCCC/C=C/CC/C=C/CC/C=C/C(O)C(COC1OC(CO)C(OC2OC(CO)C(OC3OC(CO)C(O)C(O)C3O)C(O)C2O)C(O)C1O)NC(=O)CCCCCCCCCCCCCCCCCCCCCCCCCC. The Bertz CT molecular complexity index is 1860. The Hall–Kier alpha value is -1.99. The van der Waals surface area contributed by atoms with E-state index in [1.165, 1.54) is 231 Å². The predicted molar refractivity (Wildman–Crippen MR) is 374 cm³/mol. The van der Waals surface area contributed by atoms with Crippen LogP contribution in [0, 0.1) is 0 Å². The maximum absolute atomic E-state index is 13.4. The Morgan fingerprint density at radius 1 is 0.368 bits per heavy atom. The summed E-state index contributed by atoms with van der Waals surface area (Å²) >= 11 is 0. The Labute approximate surface area is 574 Å². The van der Waals surface area contributed by atoms with Crippen LogP contribution in [0.4, 0.5) is 0 Å². The lowest BCUT2D eigenvalue weighted by molar-refractivity contribution is -0.379. The molecule has 0 aromatic heterocycles. The molecule has 3 saturated heterocycles. The van der Waals surface area contributed by atoms with Gasteiger partial charge in [0.1, 0.15) is 73.2 Å². The molecule has 0 bridgehead atoms. The molecule has 0 aliphatic carbocycles. The van der Waals surface area contributed by atoms with Gasteiger partial charge >= 0.3 is 0 Å². The van der Waals surface area contributed by atoms with Gasteiger partial charge in [0, 0.05) is 6.42 Å². The van der Waals surface area contributed by atoms with Crippen LogP contribution in [0.5, 0.6) is 0 Å². The summed E-state index contributed by atoms with van der Waals surface area (Å²) in [7, 11) is 0. The fourth-order valence-corrected chi connectivity index (χ4v) is 13.2. The lowest BCUT2D eigenvalue weighted by Gasteiger charge is -2.48. The molecule has 12 N–H and O–H groups in total. The van der Waals surface area contributed by atoms with Gasteiger partial charge in [-0.05, 0) is 44.9 Å². The molecule has 19 heteroatoms. The van der Waals surface area contributed by atoms with Crippen molar-refractivity contribution in [3.63, 3.8) is 0 Å². The van der Waals surface area contributed by atoms with Crippen LogP contribution in [0.3, 0.4) is 0 Å². The number of nitrogens with one attached hydrogen (secondary N) is 1. The summed E-state index contributed by atoms with van der Waals surface area (Å²) in [4.78, 5) is 13.4. The Balaban J connectivity index is 1.42. The third kappa shape index (κ3) is 38.6. The molecule has 1 amide bonds. The molecule has 19 nitrogen and oxygen atoms in total. The molecule has 0 saturated carbocycles. The highest BCUT2D eigenvalue weighted by molar-refractivity contribution is 5.76. The van der Waals surface area contributed by atoms with Crippen LogP contribution in [0.15, 0.2) is 36.5 Å². The summed E-state index contributed by atoms with van der Waals surface area (Å²) in [6.45, 7) is 1.76. The van der Waals surface area contributed by atoms with E-state index in [9.17, 15) is 61.0 Å². The van der Waals surface area contributed by atoms with Gasteiger partial charge in [-0.15, -0.1) is 0 Å². The molecule has 3 rings (SSSR count). The molecule has 17 unspecified atom stereocenters. The third-order valence-electron chi connectivity index (χ3n) is 19.4. The highest BCUT2D eigenvalue weighted by Gasteiger charge is 2.53. The number of hydrogen-bond donors (Lipinski definition) is 12. The third-order valence-corrected chi connectivity index (χ3v) is 19.4. The van der Waals surface area contributed by atoms with E-state index >= 15 is 0 Å². The molecular weight excluding hydrogens is 1210 g/mol. The van der Waals surface area contributed by atoms with Crippen molar-refractivity contribution >= 4 is 5.91 Å². The summed E-state index contributed by atoms with van der Waals surface area (Å²) in [6, 6.07) is -0.995. The Kier molecular flexibility index (Phi) is 52.9. The fraction of sp³-hybridized carbons (Fsp3) is 0.908. The van der Waals surface area contributed by atoms with E-state index in [0.29, 0.717) is 12.8 Å². The van der Waals surface area contributed by atoms with Gasteiger partial charge in [-0.3, -0.25) is 4.79 Å². The van der Waals surface area contributed by atoms with Crippen molar-refractivity contribution < 1.29 is 89.4 Å². The normalized spacial score (nSPS) is 27.4. The number of aliphatic hydroxyl groups is 11. The highest BCUT2D eigenvalue weighted by Crippen LogP contribution is 2.33. The fourth-order valence-electron chi connectivity index (χ4n) is 13.2. The van der Waals surface area contributed by atoms with E-state index < -0.39 is 124 Å². The summed E-state index contributed by atoms with van der Waals surface area (Å²) < 4.78 is 34.4. The molecule has 0 radical (unpaired) electrons. The van der Waals surface area contributed by atoms with Crippen LogP contribution in [0.25, 0.3) is 0 Å². The molecular formula is C76H141NO18. The van der Waals surface area contributed by atoms with Crippen LogP contribution >= 0.6 is 0 Å². The van der Waals surface area contributed by atoms with Crippen molar-refractivity contribution in [2.45, 2.75) is 413 Å². The second kappa shape index (κ2) is 57.6. The number of carbonyl (C=O) groups excluding carboxylic acids is 1. The number of unbranched alkanes of at least 4 members (excludes halogenated alkanes) is 41. The quantitative estimate of drug-likeness (QED) is 0.0199. The predicted octanol–water partition coefficient (Wildman–Crippen LogP) is 11.9. The van der Waals surface area contributed by atoms with Gasteiger partial charge in [0.15, 0.2) is 18.9 Å². The first-order valence-electron chi connectivity index (χ1n) is 38.7. The minimum absolute atomic E-state index is 0.236. The summed E-state index contributed by atoms with van der Waals surface area (Å²) in [5, 5.41) is 121. The molecule has 0 aromatic rings. The van der Waals surface area contributed by atoms with Crippen molar-refractivity contribution in [1.82, 2.24) is 5.32 Å². The zero-order chi connectivity index (χ0) is 68.9. The van der Waals surface area contributed by atoms with Crippen molar-refractivity contribution in [3.8, 4) is 0 Å². The van der Waals surface area contributed by atoms with Crippen molar-refractivity contribution in [3.05, 3.63) is 36.5 Å². The molecule has 0 aromatic carbocycles. The van der Waals surface area contributed by atoms with Crippen molar-refractivity contribution in [1.29, 1.82) is 0 Å². The van der Waals surface area contributed by atoms with E-state index in [2.05, 4.69) is 43.5 Å². The van der Waals surface area contributed by atoms with Crippen LogP contribution in [0.1, 0.15) is 309 Å².